The summed E-state index contributed by atoms with van der Waals surface area (Å²) in [6.45, 7) is 3.69. The lowest BCUT2D eigenvalue weighted by Gasteiger charge is -2.09. The molecule has 182 valence electrons. The first kappa shape index (κ1) is 22.5. The van der Waals surface area contributed by atoms with Gasteiger partial charge in [-0.2, -0.15) is 5.10 Å². The minimum Gasteiger partial charge on any atom is -0.336 e. The summed E-state index contributed by atoms with van der Waals surface area (Å²) in [4.78, 5) is 29.0. The smallest absolute Gasteiger partial charge is 0.226 e. The molecule has 3 N–H and O–H groups in total. The van der Waals surface area contributed by atoms with Gasteiger partial charge in [0, 0.05) is 34.8 Å². The predicted molar refractivity (Wildman–Crippen MR) is 141 cm³/mol. The Bertz CT molecular complexity index is 1790. The number of carbonyl (C=O) groups is 1. The number of amides is 1. The van der Waals surface area contributed by atoms with Gasteiger partial charge in [0.15, 0.2) is 5.82 Å². The molecule has 6 rings (SSSR count). The quantitative estimate of drug-likeness (QED) is 0.275. The average molecular weight is 492 g/mol. The van der Waals surface area contributed by atoms with Crippen LogP contribution in [0.25, 0.3) is 55.8 Å². The molecule has 0 spiro atoms. The molecule has 8 nitrogen and oxygen atoms in total. The van der Waals surface area contributed by atoms with Crippen LogP contribution >= 0.6 is 0 Å². The fraction of sp³-hybridized carbons (Fsp3) is 0.107. The minimum atomic E-state index is -0.333. The number of benzene rings is 2. The van der Waals surface area contributed by atoms with Gasteiger partial charge < -0.3 is 10.3 Å². The fourth-order valence-electron chi connectivity index (χ4n) is 4.22. The van der Waals surface area contributed by atoms with Gasteiger partial charge in [-0.3, -0.25) is 19.9 Å². The molecular weight excluding hydrogens is 469 g/mol. The Kier molecular flexibility index (Phi) is 5.45. The molecule has 0 aliphatic rings. The number of hydrogen-bond acceptors (Lipinski definition) is 5. The van der Waals surface area contributed by atoms with Crippen molar-refractivity contribution < 1.29 is 9.18 Å². The van der Waals surface area contributed by atoms with Crippen LogP contribution in [-0.4, -0.2) is 36.0 Å². The number of nitrogens with zero attached hydrogens (tertiary/aromatic N) is 4. The van der Waals surface area contributed by atoms with E-state index in [0.29, 0.717) is 34.0 Å². The molecule has 0 bridgehead atoms. The average Bonchev–Trinajstić information content (AvgIpc) is 3.52. The fourth-order valence-corrected chi connectivity index (χ4v) is 4.22. The Morgan fingerprint density at radius 3 is 2.68 bits per heavy atom. The molecule has 37 heavy (non-hydrogen) atoms. The molecule has 0 saturated carbocycles. The topological polar surface area (TPSA) is 112 Å². The maximum atomic E-state index is 13.9. The third-order valence-corrected chi connectivity index (χ3v) is 6.15. The van der Waals surface area contributed by atoms with Crippen molar-refractivity contribution in [1.29, 1.82) is 0 Å². The van der Waals surface area contributed by atoms with E-state index in [2.05, 4.69) is 30.5 Å². The third-order valence-electron chi connectivity index (χ3n) is 6.15. The normalized spacial score (nSPS) is 11.5. The van der Waals surface area contributed by atoms with E-state index in [1.165, 1.54) is 12.1 Å². The van der Waals surface area contributed by atoms with Crippen LogP contribution in [0, 0.1) is 11.7 Å². The molecular formula is C28H22FN7O. The van der Waals surface area contributed by atoms with Crippen LogP contribution in [0.2, 0.25) is 0 Å². The largest absolute Gasteiger partial charge is 0.336 e. The molecule has 2 aromatic carbocycles. The van der Waals surface area contributed by atoms with Crippen molar-refractivity contribution in [3.8, 4) is 33.9 Å². The SMILES string of the molecule is CC(C)C(=O)Nc1cncc(-c2ccc3[nH]nc(-c4nc5c(-c6cccc(F)c6)nccc5[nH]4)c3c2)c1. The van der Waals surface area contributed by atoms with E-state index in [1.807, 2.05) is 44.2 Å². The van der Waals surface area contributed by atoms with Crippen LogP contribution in [0.5, 0.6) is 0 Å². The summed E-state index contributed by atoms with van der Waals surface area (Å²) in [6, 6.07) is 16.0. The van der Waals surface area contributed by atoms with Gasteiger partial charge in [-0.15, -0.1) is 0 Å². The molecule has 0 aliphatic heterocycles. The number of anilines is 1. The lowest BCUT2D eigenvalue weighted by atomic mass is 10.0. The highest BCUT2D eigenvalue weighted by Crippen LogP contribution is 2.33. The van der Waals surface area contributed by atoms with E-state index in [1.54, 1.807) is 30.7 Å². The molecule has 0 atom stereocenters. The summed E-state index contributed by atoms with van der Waals surface area (Å²) in [6.07, 6.45) is 5.05. The first-order chi connectivity index (χ1) is 18.0. The molecule has 0 saturated heterocycles. The Balaban J connectivity index is 1.41. The molecule has 9 heteroatoms. The van der Waals surface area contributed by atoms with Crippen molar-refractivity contribution in [2.45, 2.75) is 13.8 Å². The number of pyridine rings is 2. The number of halogens is 1. The summed E-state index contributed by atoms with van der Waals surface area (Å²) in [5, 5.41) is 11.3. The number of fused-ring (bicyclic) bond motifs is 2. The van der Waals surface area contributed by atoms with Gasteiger partial charge in [0.25, 0.3) is 0 Å². The standard InChI is InChI=1S/C28H22FN7O/c1-15(2)28(37)32-20-11-18(13-30-14-20)16-6-7-22-21(12-16)25(36-35-22)27-33-23-8-9-31-24(26(23)34-27)17-4-3-5-19(29)10-17/h3-15H,1-2H3,(H,32,37)(H,33,34)(H,35,36). The summed E-state index contributed by atoms with van der Waals surface area (Å²) < 4.78 is 13.9. The van der Waals surface area contributed by atoms with Gasteiger partial charge in [-0.05, 0) is 42.0 Å². The molecule has 0 unspecified atom stereocenters. The molecule has 4 heterocycles. The van der Waals surface area contributed by atoms with E-state index in [0.717, 1.165) is 27.5 Å². The number of nitrogens with one attached hydrogen (secondary N) is 3. The Labute approximate surface area is 211 Å². The van der Waals surface area contributed by atoms with Gasteiger partial charge in [-0.25, -0.2) is 9.37 Å². The van der Waals surface area contributed by atoms with Gasteiger partial charge in [0.1, 0.15) is 17.0 Å². The van der Waals surface area contributed by atoms with E-state index in [4.69, 9.17) is 4.98 Å². The van der Waals surface area contributed by atoms with Crippen molar-refractivity contribution in [3.63, 3.8) is 0 Å². The highest BCUT2D eigenvalue weighted by molar-refractivity contribution is 5.98. The van der Waals surface area contributed by atoms with Crippen LogP contribution < -0.4 is 5.32 Å². The van der Waals surface area contributed by atoms with E-state index in [9.17, 15) is 9.18 Å². The number of aromatic amines is 2. The van der Waals surface area contributed by atoms with Crippen molar-refractivity contribution in [2.24, 2.45) is 5.92 Å². The van der Waals surface area contributed by atoms with Crippen molar-refractivity contribution in [1.82, 2.24) is 30.1 Å². The summed E-state index contributed by atoms with van der Waals surface area (Å²) in [5.41, 5.74) is 6.55. The predicted octanol–water partition coefficient (Wildman–Crippen LogP) is 5.96. The first-order valence-corrected chi connectivity index (χ1v) is 11.8. The zero-order chi connectivity index (χ0) is 25.5. The lowest BCUT2D eigenvalue weighted by Crippen LogP contribution is -2.17. The van der Waals surface area contributed by atoms with Crippen molar-refractivity contribution in [3.05, 3.63) is 79.0 Å². The molecule has 1 amide bonds. The highest BCUT2D eigenvalue weighted by Gasteiger charge is 2.17. The minimum absolute atomic E-state index is 0.0662. The van der Waals surface area contributed by atoms with Crippen molar-refractivity contribution in [2.75, 3.05) is 5.32 Å². The zero-order valence-electron chi connectivity index (χ0n) is 20.1. The van der Waals surface area contributed by atoms with Crippen LogP contribution in [0.15, 0.2) is 73.2 Å². The van der Waals surface area contributed by atoms with Gasteiger partial charge in [0.2, 0.25) is 5.91 Å². The molecule has 0 radical (unpaired) electrons. The second kappa shape index (κ2) is 8.94. The van der Waals surface area contributed by atoms with E-state index >= 15 is 0 Å². The number of H-pyrrole nitrogens is 2. The Morgan fingerprint density at radius 2 is 1.84 bits per heavy atom. The second-order valence-electron chi connectivity index (χ2n) is 9.09. The van der Waals surface area contributed by atoms with Gasteiger partial charge in [-0.1, -0.05) is 32.0 Å². The first-order valence-electron chi connectivity index (χ1n) is 11.8. The number of rotatable bonds is 5. The highest BCUT2D eigenvalue weighted by atomic mass is 19.1. The lowest BCUT2D eigenvalue weighted by molar-refractivity contribution is -0.118. The van der Waals surface area contributed by atoms with Gasteiger partial charge in [0.05, 0.1) is 28.6 Å². The monoisotopic (exact) mass is 491 g/mol. The van der Waals surface area contributed by atoms with Crippen molar-refractivity contribution >= 4 is 33.5 Å². The molecule has 4 aromatic heterocycles. The van der Waals surface area contributed by atoms with E-state index < -0.39 is 0 Å². The molecule has 0 fully saturated rings. The number of carbonyl (C=O) groups excluding carboxylic acids is 1. The number of hydrogen-bond donors (Lipinski definition) is 3. The Hall–Kier alpha value is -4.92. The van der Waals surface area contributed by atoms with E-state index in [-0.39, 0.29) is 17.6 Å². The van der Waals surface area contributed by atoms with Gasteiger partial charge >= 0.3 is 0 Å². The molecule has 0 aliphatic carbocycles. The summed E-state index contributed by atoms with van der Waals surface area (Å²) in [7, 11) is 0. The number of imidazole rings is 1. The van der Waals surface area contributed by atoms with Crippen LogP contribution in [0.1, 0.15) is 13.8 Å². The van der Waals surface area contributed by atoms with Crippen LogP contribution in [-0.2, 0) is 4.79 Å². The maximum absolute atomic E-state index is 13.9. The van der Waals surface area contributed by atoms with Crippen LogP contribution in [0.4, 0.5) is 10.1 Å². The number of aromatic nitrogens is 6. The summed E-state index contributed by atoms with van der Waals surface area (Å²) in [5.74, 6) is 0.0396. The maximum Gasteiger partial charge on any atom is 0.226 e. The Morgan fingerprint density at radius 1 is 0.946 bits per heavy atom. The summed E-state index contributed by atoms with van der Waals surface area (Å²) >= 11 is 0. The zero-order valence-corrected chi connectivity index (χ0v) is 20.1. The third kappa shape index (κ3) is 4.20. The second-order valence-corrected chi connectivity index (χ2v) is 9.09. The molecule has 6 aromatic rings. The van der Waals surface area contributed by atoms with Crippen LogP contribution in [0.3, 0.4) is 0 Å².